The largest absolute Gasteiger partial charge is 0.457 e. The van der Waals surface area contributed by atoms with Gasteiger partial charge in [0.15, 0.2) is 0 Å². The summed E-state index contributed by atoms with van der Waals surface area (Å²) in [7, 11) is 2.08. The molecule has 35 heavy (non-hydrogen) atoms. The maximum Gasteiger partial charge on any atom is 0.129 e. The Labute approximate surface area is 208 Å². The summed E-state index contributed by atoms with van der Waals surface area (Å²) in [5, 5.41) is 0. The maximum atomic E-state index is 6.43. The fourth-order valence-electron chi connectivity index (χ4n) is 4.19. The second kappa shape index (κ2) is 9.30. The third-order valence-corrected chi connectivity index (χ3v) is 6.20. The molecule has 1 aromatic heterocycles. The van der Waals surface area contributed by atoms with Gasteiger partial charge in [-0.25, -0.2) is 0 Å². The molecule has 1 aliphatic heterocycles. The summed E-state index contributed by atoms with van der Waals surface area (Å²) in [6, 6.07) is 29.2. The number of rotatable bonds is 5. The topological polar surface area (TPSA) is 28.6 Å². The lowest BCUT2D eigenvalue weighted by atomic mass is 9.86. The second-order valence-corrected chi connectivity index (χ2v) is 10.1. The number of benzene rings is 3. The highest BCUT2D eigenvalue weighted by Crippen LogP contribution is 2.35. The Balaban J connectivity index is 1.45. The highest BCUT2D eigenvalue weighted by molar-refractivity contribution is 5.71. The predicted molar refractivity (Wildman–Crippen MR) is 145 cm³/mol. The van der Waals surface area contributed by atoms with Crippen LogP contribution in [0, 0.1) is 0 Å². The fourth-order valence-corrected chi connectivity index (χ4v) is 4.19. The zero-order valence-electron chi connectivity index (χ0n) is 20.8. The predicted octanol–water partition coefficient (Wildman–Crippen LogP) is 7.69. The van der Waals surface area contributed by atoms with Crippen LogP contribution < -0.4 is 9.64 Å². The van der Waals surface area contributed by atoms with Gasteiger partial charge >= 0.3 is 0 Å². The summed E-state index contributed by atoms with van der Waals surface area (Å²) >= 11 is 0. The zero-order valence-corrected chi connectivity index (χ0v) is 20.8. The summed E-state index contributed by atoms with van der Waals surface area (Å²) in [6.45, 7) is 7.52. The first-order valence-corrected chi connectivity index (χ1v) is 12.0. The van der Waals surface area contributed by atoms with E-state index in [4.69, 9.17) is 4.74 Å². The Morgan fingerprint density at radius 1 is 0.743 bits per heavy atom. The van der Waals surface area contributed by atoms with E-state index in [-0.39, 0.29) is 5.41 Å². The summed E-state index contributed by atoms with van der Waals surface area (Å²) in [6.07, 6.45) is 6.06. The molecule has 5 rings (SSSR count). The number of aromatic nitrogens is 1. The molecule has 4 heteroatoms. The highest BCUT2D eigenvalue weighted by atomic mass is 16.5. The van der Waals surface area contributed by atoms with Gasteiger partial charge in [0.2, 0.25) is 0 Å². The highest BCUT2D eigenvalue weighted by Gasteiger charge is 2.19. The molecule has 0 saturated heterocycles. The standard InChI is InChI=1S/C31H31N3O/c1-31(2,3)26-19-27(34-16-15-33(4)22-34)21-29(20-26)35-28-12-8-11-25(17-28)30-18-24(13-14-32-30)23-9-6-5-7-10-23/h5-21H,22H2,1-4H3. The van der Waals surface area contributed by atoms with Crippen molar-refractivity contribution in [2.24, 2.45) is 0 Å². The molecule has 0 aliphatic carbocycles. The van der Waals surface area contributed by atoms with Gasteiger partial charge in [0, 0.05) is 43.0 Å². The molecule has 0 saturated carbocycles. The molecular formula is C31H31N3O. The van der Waals surface area contributed by atoms with Gasteiger partial charge in [-0.2, -0.15) is 0 Å². The van der Waals surface area contributed by atoms with Crippen molar-refractivity contribution < 1.29 is 4.74 Å². The first-order chi connectivity index (χ1) is 16.8. The first-order valence-electron chi connectivity index (χ1n) is 12.0. The third-order valence-electron chi connectivity index (χ3n) is 6.20. The minimum Gasteiger partial charge on any atom is -0.457 e. The molecule has 2 heterocycles. The Morgan fingerprint density at radius 3 is 2.29 bits per heavy atom. The lowest BCUT2D eigenvalue weighted by molar-refractivity contribution is 0.477. The van der Waals surface area contributed by atoms with E-state index in [0.717, 1.165) is 40.7 Å². The Morgan fingerprint density at radius 2 is 1.54 bits per heavy atom. The fraction of sp³-hybridized carbons (Fsp3) is 0.194. The summed E-state index contributed by atoms with van der Waals surface area (Å²) in [5.41, 5.74) is 6.64. The quantitative estimate of drug-likeness (QED) is 0.305. The Kier molecular flexibility index (Phi) is 6.04. The van der Waals surface area contributed by atoms with E-state index in [0.29, 0.717) is 0 Å². The molecule has 0 bridgehead atoms. The van der Waals surface area contributed by atoms with Crippen LogP contribution in [0.1, 0.15) is 26.3 Å². The molecule has 1 aliphatic rings. The molecule has 0 unspecified atom stereocenters. The minimum atomic E-state index is 0.00705. The second-order valence-electron chi connectivity index (χ2n) is 10.1. The third kappa shape index (κ3) is 5.22. The number of hydrogen-bond donors (Lipinski definition) is 0. The van der Waals surface area contributed by atoms with Gasteiger partial charge in [-0.1, -0.05) is 63.2 Å². The van der Waals surface area contributed by atoms with Crippen LogP contribution in [0.3, 0.4) is 0 Å². The molecule has 3 aromatic carbocycles. The van der Waals surface area contributed by atoms with Crippen LogP contribution in [-0.2, 0) is 5.41 Å². The average Bonchev–Trinajstić information content (AvgIpc) is 3.30. The first kappa shape index (κ1) is 22.7. The number of anilines is 1. The smallest absolute Gasteiger partial charge is 0.129 e. The number of nitrogens with zero attached hydrogens (tertiary/aromatic N) is 3. The van der Waals surface area contributed by atoms with Gasteiger partial charge in [0.1, 0.15) is 11.5 Å². The van der Waals surface area contributed by atoms with E-state index in [1.807, 2.05) is 30.5 Å². The van der Waals surface area contributed by atoms with E-state index in [1.165, 1.54) is 11.1 Å². The number of pyridine rings is 1. The van der Waals surface area contributed by atoms with Crippen LogP contribution in [0.25, 0.3) is 22.4 Å². The average molecular weight is 462 g/mol. The van der Waals surface area contributed by atoms with E-state index in [1.54, 1.807) is 0 Å². The van der Waals surface area contributed by atoms with Gasteiger partial charge in [-0.3, -0.25) is 4.98 Å². The van der Waals surface area contributed by atoms with Crippen molar-refractivity contribution in [1.82, 2.24) is 9.88 Å². The maximum absolute atomic E-state index is 6.43. The Bertz CT molecular complexity index is 1360. The summed E-state index contributed by atoms with van der Waals surface area (Å²) in [5.74, 6) is 1.62. The van der Waals surface area contributed by atoms with Crippen molar-refractivity contribution in [1.29, 1.82) is 0 Å². The molecule has 0 spiro atoms. The van der Waals surface area contributed by atoms with Crippen LogP contribution in [0.2, 0.25) is 0 Å². The molecule has 0 atom stereocenters. The lowest BCUT2D eigenvalue weighted by Gasteiger charge is -2.25. The van der Waals surface area contributed by atoms with Crippen molar-refractivity contribution >= 4 is 5.69 Å². The van der Waals surface area contributed by atoms with Crippen molar-refractivity contribution in [3.8, 4) is 33.9 Å². The molecule has 0 radical (unpaired) electrons. The normalized spacial score (nSPS) is 13.4. The van der Waals surface area contributed by atoms with E-state index in [9.17, 15) is 0 Å². The monoisotopic (exact) mass is 461 g/mol. The van der Waals surface area contributed by atoms with E-state index < -0.39 is 0 Å². The van der Waals surface area contributed by atoms with Crippen LogP contribution in [0.4, 0.5) is 5.69 Å². The lowest BCUT2D eigenvalue weighted by Crippen LogP contribution is -2.22. The van der Waals surface area contributed by atoms with Crippen molar-refractivity contribution in [3.63, 3.8) is 0 Å². The molecule has 0 amide bonds. The van der Waals surface area contributed by atoms with Crippen LogP contribution in [0.5, 0.6) is 11.5 Å². The van der Waals surface area contributed by atoms with E-state index >= 15 is 0 Å². The summed E-state index contributed by atoms with van der Waals surface area (Å²) < 4.78 is 6.43. The molecular weight excluding hydrogens is 430 g/mol. The van der Waals surface area contributed by atoms with Gasteiger partial charge < -0.3 is 14.5 Å². The summed E-state index contributed by atoms with van der Waals surface area (Å²) in [4.78, 5) is 9.02. The molecule has 4 nitrogen and oxygen atoms in total. The van der Waals surface area contributed by atoms with Gasteiger partial charge in [-0.05, 0) is 58.5 Å². The number of hydrogen-bond acceptors (Lipinski definition) is 4. The van der Waals surface area contributed by atoms with Gasteiger partial charge in [0.05, 0.1) is 12.4 Å². The number of ether oxygens (including phenoxy) is 1. The zero-order chi connectivity index (χ0) is 24.4. The van der Waals surface area contributed by atoms with E-state index in [2.05, 4.69) is 116 Å². The molecule has 4 aromatic rings. The molecule has 0 N–H and O–H groups in total. The van der Waals surface area contributed by atoms with Crippen molar-refractivity contribution in [2.75, 3.05) is 18.6 Å². The van der Waals surface area contributed by atoms with Gasteiger partial charge in [0.25, 0.3) is 0 Å². The van der Waals surface area contributed by atoms with Crippen molar-refractivity contribution in [3.05, 3.63) is 109 Å². The molecule has 176 valence electrons. The SMILES string of the molecule is CN1C=CN(c2cc(Oc3cccc(-c4cc(-c5ccccc5)ccn4)c3)cc(C(C)(C)C)c2)C1. The minimum absolute atomic E-state index is 0.00705. The van der Waals surface area contributed by atoms with Gasteiger partial charge in [-0.15, -0.1) is 0 Å². The Hall–Kier alpha value is -4.05. The van der Waals surface area contributed by atoms with Crippen LogP contribution in [0.15, 0.2) is 104 Å². The van der Waals surface area contributed by atoms with Crippen LogP contribution in [-0.4, -0.2) is 23.6 Å². The van der Waals surface area contributed by atoms with Crippen molar-refractivity contribution in [2.45, 2.75) is 26.2 Å². The van der Waals surface area contributed by atoms with Crippen LogP contribution >= 0.6 is 0 Å². The molecule has 0 fully saturated rings.